The topological polar surface area (TPSA) is 97.3 Å². The molecule has 35 heavy (non-hydrogen) atoms. The molecule has 1 saturated heterocycles. The van der Waals surface area contributed by atoms with Gasteiger partial charge in [0, 0.05) is 35.4 Å². The Bertz CT molecular complexity index is 1170. The summed E-state index contributed by atoms with van der Waals surface area (Å²) in [4.78, 5) is 32.1. The van der Waals surface area contributed by atoms with Gasteiger partial charge >= 0.3 is 0 Å². The molecule has 2 aromatic heterocycles. The minimum Gasteiger partial charge on any atom is -0.491 e. The van der Waals surface area contributed by atoms with Crippen molar-refractivity contribution in [3.63, 3.8) is 0 Å². The van der Waals surface area contributed by atoms with Gasteiger partial charge in [0.2, 0.25) is 5.13 Å². The first-order valence-electron chi connectivity index (χ1n) is 11.8. The molecule has 2 amide bonds. The molecule has 0 spiro atoms. The molecule has 0 radical (unpaired) electrons. The Morgan fingerprint density at radius 3 is 2.40 bits per heavy atom. The molecule has 1 aliphatic heterocycles. The average molecular weight is 514 g/mol. The molecule has 3 heterocycles. The van der Waals surface area contributed by atoms with E-state index in [0.717, 1.165) is 28.6 Å². The number of aromatic nitrogens is 3. The second-order valence-corrected chi connectivity index (χ2v) is 11.8. The highest BCUT2D eigenvalue weighted by Gasteiger charge is 2.27. The first-order valence-corrected chi connectivity index (χ1v) is 13.5. The van der Waals surface area contributed by atoms with E-state index in [0.29, 0.717) is 29.5 Å². The van der Waals surface area contributed by atoms with E-state index in [1.165, 1.54) is 22.7 Å². The number of likely N-dealkylation sites (tertiary alicyclic amines) is 1. The number of rotatable bonds is 6. The van der Waals surface area contributed by atoms with E-state index in [4.69, 9.17) is 4.74 Å². The van der Waals surface area contributed by atoms with Crippen LogP contribution in [-0.4, -0.2) is 51.1 Å². The van der Waals surface area contributed by atoms with E-state index in [9.17, 15) is 9.59 Å². The molecule has 0 atom stereocenters. The Morgan fingerprint density at radius 1 is 1.11 bits per heavy atom. The van der Waals surface area contributed by atoms with Gasteiger partial charge in [0.05, 0.1) is 11.1 Å². The quantitative estimate of drug-likeness (QED) is 0.477. The summed E-state index contributed by atoms with van der Waals surface area (Å²) in [5, 5.41) is 15.1. The minimum atomic E-state index is -0.276. The van der Waals surface area contributed by atoms with Crippen LogP contribution < -0.4 is 10.1 Å². The van der Waals surface area contributed by atoms with E-state index >= 15 is 0 Å². The number of nitrogens with one attached hydrogen (secondary N) is 1. The van der Waals surface area contributed by atoms with Crippen LogP contribution >= 0.6 is 22.7 Å². The van der Waals surface area contributed by atoms with Crippen molar-refractivity contribution in [3.8, 4) is 5.75 Å². The fourth-order valence-electron chi connectivity index (χ4n) is 3.78. The summed E-state index contributed by atoms with van der Waals surface area (Å²) in [7, 11) is 0. The van der Waals surface area contributed by atoms with Crippen molar-refractivity contribution in [1.29, 1.82) is 0 Å². The summed E-state index contributed by atoms with van der Waals surface area (Å²) in [6, 6.07) is 7.32. The van der Waals surface area contributed by atoms with Gasteiger partial charge in [-0.15, -0.1) is 21.5 Å². The number of amides is 2. The number of nitrogens with zero attached hydrogens (tertiary/aromatic N) is 4. The Morgan fingerprint density at radius 2 is 1.80 bits per heavy atom. The predicted molar refractivity (Wildman–Crippen MR) is 139 cm³/mol. The van der Waals surface area contributed by atoms with Crippen molar-refractivity contribution >= 4 is 39.6 Å². The van der Waals surface area contributed by atoms with Crippen LogP contribution in [0.2, 0.25) is 0 Å². The van der Waals surface area contributed by atoms with Gasteiger partial charge in [-0.3, -0.25) is 14.9 Å². The van der Waals surface area contributed by atoms with Crippen LogP contribution in [0.4, 0.5) is 5.13 Å². The van der Waals surface area contributed by atoms with Gasteiger partial charge in [-0.25, -0.2) is 4.98 Å². The van der Waals surface area contributed by atoms with E-state index in [1.807, 2.05) is 43.0 Å². The van der Waals surface area contributed by atoms with Crippen LogP contribution in [0.1, 0.15) is 84.2 Å². The number of benzene rings is 1. The zero-order valence-electron chi connectivity index (χ0n) is 20.7. The Hall–Kier alpha value is -2.85. The monoisotopic (exact) mass is 513 g/mol. The van der Waals surface area contributed by atoms with Crippen molar-refractivity contribution < 1.29 is 14.3 Å². The van der Waals surface area contributed by atoms with Gasteiger partial charge in [0.1, 0.15) is 16.5 Å². The van der Waals surface area contributed by atoms with Crippen LogP contribution in [0.15, 0.2) is 29.6 Å². The summed E-state index contributed by atoms with van der Waals surface area (Å²) < 4.78 is 5.66. The normalized spacial score (nSPS) is 14.9. The molecule has 186 valence electrons. The van der Waals surface area contributed by atoms with E-state index in [-0.39, 0.29) is 29.3 Å². The molecular weight excluding hydrogens is 482 g/mol. The lowest BCUT2D eigenvalue weighted by Gasteiger charge is -2.31. The van der Waals surface area contributed by atoms with Gasteiger partial charge in [0.25, 0.3) is 11.8 Å². The third-order valence-electron chi connectivity index (χ3n) is 5.65. The number of carbonyl (C=O) groups is 2. The van der Waals surface area contributed by atoms with E-state index < -0.39 is 0 Å². The largest absolute Gasteiger partial charge is 0.491 e. The third-order valence-corrected chi connectivity index (χ3v) is 7.92. The van der Waals surface area contributed by atoms with E-state index in [2.05, 4.69) is 41.3 Å². The van der Waals surface area contributed by atoms with Crippen molar-refractivity contribution in [2.75, 3.05) is 18.4 Å². The van der Waals surface area contributed by atoms with Crippen LogP contribution in [0.25, 0.3) is 0 Å². The SMILES string of the molecule is CC(C)Oc1ccc(C(=O)N2CCC(c3nc(C(=O)Nc4nnc(C(C)(C)C)s4)cs3)CC2)cc1. The maximum Gasteiger partial charge on any atom is 0.276 e. The molecule has 1 fully saturated rings. The van der Waals surface area contributed by atoms with Crippen LogP contribution in [0, 0.1) is 0 Å². The van der Waals surface area contributed by atoms with Gasteiger partial charge in [-0.2, -0.15) is 0 Å². The number of anilines is 1. The molecular formula is C25H31N5O3S2. The number of carbonyl (C=O) groups excluding carboxylic acids is 2. The maximum absolute atomic E-state index is 12.9. The number of piperidine rings is 1. The number of thiazole rings is 1. The van der Waals surface area contributed by atoms with Crippen molar-refractivity contribution in [1.82, 2.24) is 20.1 Å². The zero-order chi connectivity index (χ0) is 25.2. The summed E-state index contributed by atoms with van der Waals surface area (Å²) in [5.41, 5.74) is 0.940. The molecule has 1 aromatic carbocycles. The summed E-state index contributed by atoms with van der Waals surface area (Å²) in [5.74, 6) is 0.758. The lowest BCUT2D eigenvalue weighted by molar-refractivity contribution is 0.0713. The van der Waals surface area contributed by atoms with Gasteiger partial charge in [-0.05, 0) is 51.0 Å². The van der Waals surface area contributed by atoms with Gasteiger partial charge in [0.15, 0.2) is 0 Å². The zero-order valence-corrected chi connectivity index (χ0v) is 22.3. The summed E-state index contributed by atoms with van der Waals surface area (Å²) in [6.07, 6.45) is 1.74. The molecule has 0 unspecified atom stereocenters. The van der Waals surface area contributed by atoms with Crippen molar-refractivity contribution in [2.24, 2.45) is 0 Å². The summed E-state index contributed by atoms with van der Waals surface area (Å²) >= 11 is 2.87. The molecule has 1 N–H and O–H groups in total. The molecule has 10 heteroatoms. The van der Waals surface area contributed by atoms with Gasteiger partial charge in [-0.1, -0.05) is 32.1 Å². The first kappa shape index (κ1) is 25.2. The molecule has 0 bridgehead atoms. The highest BCUT2D eigenvalue weighted by molar-refractivity contribution is 7.15. The average Bonchev–Trinajstić information content (AvgIpc) is 3.49. The fourth-order valence-corrected chi connectivity index (χ4v) is 5.55. The van der Waals surface area contributed by atoms with Crippen LogP contribution in [0.3, 0.4) is 0 Å². The predicted octanol–water partition coefficient (Wildman–Crippen LogP) is 5.35. The number of ether oxygens (including phenoxy) is 1. The molecule has 8 nitrogen and oxygen atoms in total. The van der Waals surface area contributed by atoms with Crippen LogP contribution in [0.5, 0.6) is 5.75 Å². The third kappa shape index (κ3) is 6.24. The highest BCUT2D eigenvalue weighted by Crippen LogP contribution is 2.32. The summed E-state index contributed by atoms with van der Waals surface area (Å²) in [6.45, 7) is 11.4. The molecule has 0 saturated carbocycles. The van der Waals surface area contributed by atoms with Crippen LogP contribution in [-0.2, 0) is 5.41 Å². The standard InChI is InChI=1S/C25H31N5O3S2/c1-15(2)33-18-8-6-17(7-9-18)22(32)30-12-10-16(11-13-30)21-26-19(14-34-21)20(31)27-24-29-28-23(35-24)25(3,4)5/h6-9,14-16H,10-13H2,1-5H3,(H,27,29,31). The van der Waals surface area contributed by atoms with Gasteiger partial charge < -0.3 is 9.64 Å². The number of hydrogen-bond acceptors (Lipinski definition) is 8. The van der Waals surface area contributed by atoms with Crippen molar-refractivity contribution in [3.05, 3.63) is 50.9 Å². The lowest BCUT2D eigenvalue weighted by Crippen LogP contribution is -2.37. The van der Waals surface area contributed by atoms with E-state index in [1.54, 1.807) is 5.38 Å². The highest BCUT2D eigenvalue weighted by atomic mass is 32.1. The maximum atomic E-state index is 12.9. The van der Waals surface area contributed by atoms with Crippen molar-refractivity contribution in [2.45, 2.75) is 64.9 Å². The fraction of sp³-hybridized carbons (Fsp3) is 0.480. The molecule has 0 aliphatic carbocycles. The Balaban J connectivity index is 1.31. The molecule has 1 aliphatic rings. The lowest BCUT2D eigenvalue weighted by atomic mass is 9.97. The second kappa shape index (κ2) is 10.4. The Kier molecular flexibility index (Phi) is 7.51. The minimum absolute atomic E-state index is 0.0328. The Labute approximate surface area is 213 Å². The first-order chi connectivity index (χ1) is 16.6. The number of hydrogen-bond donors (Lipinski definition) is 1. The smallest absolute Gasteiger partial charge is 0.276 e. The molecule has 4 rings (SSSR count). The second-order valence-electron chi connectivity index (χ2n) is 9.94. The molecule has 3 aromatic rings.